The van der Waals surface area contributed by atoms with E-state index in [1.807, 2.05) is 0 Å². The van der Waals surface area contributed by atoms with Gasteiger partial charge in [-0.1, -0.05) is 6.92 Å². The number of nitrogens with zero attached hydrogens (tertiary/aromatic N) is 1. The second-order valence-corrected chi connectivity index (χ2v) is 3.58. The Balaban J connectivity index is 2.30. The zero-order chi connectivity index (χ0) is 9.59. The topological polar surface area (TPSA) is 63.3 Å². The molecule has 4 heteroatoms. The van der Waals surface area contributed by atoms with E-state index in [0.717, 1.165) is 6.42 Å². The second-order valence-electron chi connectivity index (χ2n) is 3.58. The number of hydrogen-bond donors (Lipinski definition) is 1. The summed E-state index contributed by atoms with van der Waals surface area (Å²) in [6.45, 7) is 3.73. The van der Waals surface area contributed by atoms with Gasteiger partial charge >= 0.3 is 5.97 Å². The van der Waals surface area contributed by atoms with Gasteiger partial charge in [-0.2, -0.15) is 0 Å². The van der Waals surface area contributed by atoms with Crippen molar-refractivity contribution in [3.63, 3.8) is 0 Å². The van der Waals surface area contributed by atoms with Crippen LogP contribution in [-0.2, 0) is 0 Å². The smallest absolute Gasteiger partial charge is 0.358 e. The van der Waals surface area contributed by atoms with Crippen LogP contribution in [0.3, 0.4) is 0 Å². The lowest BCUT2D eigenvalue weighted by Gasteiger charge is -1.85. The molecule has 0 spiro atoms. The summed E-state index contributed by atoms with van der Waals surface area (Å²) in [5.41, 5.74) is 0.0501. The van der Waals surface area contributed by atoms with Crippen molar-refractivity contribution in [1.82, 2.24) is 4.98 Å². The molecule has 0 aromatic carbocycles. The molecule has 1 aromatic rings. The third-order valence-corrected chi connectivity index (χ3v) is 2.44. The zero-order valence-electron chi connectivity index (χ0n) is 7.57. The number of aromatic nitrogens is 1. The molecule has 1 heterocycles. The van der Waals surface area contributed by atoms with Crippen molar-refractivity contribution >= 4 is 5.97 Å². The largest absolute Gasteiger partial charge is 0.476 e. The van der Waals surface area contributed by atoms with Crippen LogP contribution in [0.5, 0.6) is 0 Å². The van der Waals surface area contributed by atoms with E-state index in [1.54, 1.807) is 6.92 Å². The number of aromatic carboxylic acids is 1. The van der Waals surface area contributed by atoms with Gasteiger partial charge in [0.05, 0.1) is 0 Å². The third kappa shape index (κ3) is 1.32. The van der Waals surface area contributed by atoms with Gasteiger partial charge in [0.15, 0.2) is 11.6 Å². The molecule has 1 fully saturated rings. The van der Waals surface area contributed by atoms with Crippen LogP contribution in [0.2, 0.25) is 0 Å². The molecule has 13 heavy (non-hydrogen) atoms. The van der Waals surface area contributed by atoms with Crippen LogP contribution in [0.25, 0.3) is 0 Å². The van der Waals surface area contributed by atoms with Crippen molar-refractivity contribution in [2.75, 3.05) is 0 Å². The highest BCUT2D eigenvalue weighted by Gasteiger charge is 2.39. The average Bonchev–Trinajstić information content (AvgIpc) is 2.61. The molecule has 2 atom stereocenters. The van der Waals surface area contributed by atoms with Crippen LogP contribution in [0, 0.1) is 12.8 Å². The molecule has 1 aromatic heterocycles. The summed E-state index contributed by atoms with van der Waals surface area (Å²) < 4.78 is 5.28. The summed E-state index contributed by atoms with van der Waals surface area (Å²) in [6.07, 6.45) is 1.05. The highest BCUT2D eigenvalue weighted by molar-refractivity contribution is 5.86. The molecule has 1 N–H and O–H groups in total. The van der Waals surface area contributed by atoms with Crippen molar-refractivity contribution in [2.45, 2.75) is 26.2 Å². The number of aryl methyl sites for hydroxylation is 1. The van der Waals surface area contributed by atoms with Gasteiger partial charge in [-0.3, -0.25) is 0 Å². The maximum atomic E-state index is 10.6. The van der Waals surface area contributed by atoms with E-state index < -0.39 is 5.97 Å². The standard InChI is InChI=1S/C9H11NO3/c1-4-3-6(4)8-10-7(9(11)12)5(2)13-8/h4,6H,3H2,1-2H3,(H,11,12). The predicted octanol–water partition coefficient (Wildman–Crippen LogP) is 1.80. The Bertz CT molecular complexity index is 356. The first kappa shape index (κ1) is 8.29. The van der Waals surface area contributed by atoms with E-state index >= 15 is 0 Å². The summed E-state index contributed by atoms with van der Waals surface area (Å²) in [4.78, 5) is 14.6. The molecule has 0 saturated heterocycles. The quantitative estimate of drug-likeness (QED) is 0.755. The average molecular weight is 181 g/mol. The van der Waals surface area contributed by atoms with Crippen molar-refractivity contribution < 1.29 is 14.3 Å². The normalized spacial score (nSPS) is 26.0. The molecule has 2 rings (SSSR count). The predicted molar refractivity (Wildman–Crippen MR) is 44.7 cm³/mol. The van der Waals surface area contributed by atoms with Crippen LogP contribution in [0.15, 0.2) is 4.42 Å². The zero-order valence-corrected chi connectivity index (χ0v) is 7.57. The Morgan fingerprint density at radius 2 is 2.31 bits per heavy atom. The van der Waals surface area contributed by atoms with Crippen LogP contribution in [0.1, 0.15) is 41.4 Å². The lowest BCUT2D eigenvalue weighted by atomic mass is 10.3. The first-order valence-corrected chi connectivity index (χ1v) is 4.30. The SMILES string of the molecule is Cc1oc(C2CC2C)nc1C(=O)O. The molecule has 0 radical (unpaired) electrons. The van der Waals surface area contributed by atoms with Crippen molar-refractivity contribution in [1.29, 1.82) is 0 Å². The maximum absolute atomic E-state index is 10.6. The van der Waals surface area contributed by atoms with E-state index in [-0.39, 0.29) is 5.69 Å². The fourth-order valence-electron chi connectivity index (χ4n) is 1.44. The Morgan fingerprint density at radius 1 is 1.69 bits per heavy atom. The van der Waals surface area contributed by atoms with Gasteiger partial charge in [-0.25, -0.2) is 9.78 Å². The minimum atomic E-state index is -1.01. The van der Waals surface area contributed by atoms with Crippen molar-refractivity contribution in [3.8, 4) is 0 Å². The molecule has 1 saturated carbocycles. The molecular weight excluding hydrogens is 170 g/mol. The second kappa shape index (κ2) is 2.58. The molecular formula is C9H11NO3. The number of carboxylic acids is 1. The number of rotatable bonds is 2. The third-order valence-electron chi connectivity index (χ3n) is 2.44. The highest BCUT2D eigenvalue weighted by Crippen LogP contribution is 2.46. The molecule has 4 nitrogen and oxygen atoms in total. The fraction of sp³-hybridized carbons (Fsp3) is 0.556. The molecule has 1 aliphatic rings. The van der Waals surface area contributed by atoms with Gasteiger partial charge in [0, 0.05) is 5.92 Å². The number of hydrogen-bond acceptors (Lipinski definition) is 3. The van der Waals surface area contributed by atoms with Gasteiger partial charge in [0.2, 0.25) is 0 Å². The summed E-state index contributed by atoms with van der Waals surface area (Å²) in [7, 11) is 0. The summed E-state index contributed by atoms with van der Waals surface area (Å²) in [5, 5.41) is 8.72. The van der Waals surface area contributed by atoms with E-state index in [4.69, 9.17) is 9.52 Å². The van der Waals surface area contributed by atoms with Crippen LogP contribution in [-0.4, -0.2) is 16.1 Å². The van der Waals surface area contributed by atoms with Gasteiger partial charge in [0.1, 0.15) is 5.76 Å². The van der Waals surface area contributed by atoms with Crippen molar-refractivity contribution in [2.24, 2.45) is 5.92 Å². The first-order valence-electron chi connectivity index (χ1n) is 4.30. The molecule has 0 aliphatic heterocycles. The lowest BCUT2D eigenvalue weighted by molar-refractivity contribution is 0.0689. The molecule has 2 unspecified atom stereocenters. The minimum absolute atomic E-state index is 0.0501. The maximum Gasteiger partial charge on any atom is 0.358 e. The molecule has 0 amide bonds. The van der Waals surface area contributed by atoms with E-state index in [0.29, 0.717) is 23.5 Å². The summed E-state index contributed by atoms with van der Waals surface area (Å²) in [5.74, 6) is 0.899. The lowest BCUT2D eigenvalue weighted by Crippen LogP contribution is -1.98. The van der Waals surface area contributed by atoms with E-state index in [1.165, 1.54) is 0 Å². The monoisotopic (exact) mass is 181 g/mol. The number of carbonyl (C=O) groups is 1. The molecule has 0 bridgehead atoms. The molecule has 70 valence electrons. The number of oxazole rings is 1. The van der Waals surface area contributed by atoms with Gasteiger partial charge in [-0.15, -0.1) is 0 Å². The molecule has 1 aliphatic carbocycles. The van der Waals surface area contributed by atoms with Gasteiger partial charge in [0.25, 0.3) is 0 Å². The van der Waals surface area contributed by atoms with E-state index in [9.17, 15) is 4.79 Å². The van der Waals surface area contributed by atoms with Crippen LogP contribution in [0.4, 0.5) is 0 Å². The minimum Gasteiger partial charge on any atom is -0.476 e. The first-order chi connectivity index (χ1) is 6.09. The Labute approximate surface area is 75.6 Å². The Hall–Kier alpha value is -1.32. The number of carboxylic acid groups (broad SMARTS) is 1. The fourth-order valence-corrected chi connectivity index (χ4v) is 1.44. The Morgan fingerprint density at radius 3 is 2.69 bits per heavy atom. The highest BCUT2D eigenvalue weighted by atomic mass is 16.4. The van der Waals surface area contributed by atoms with E-state index in [2.05, 4.69) is 11.9 Å². The van der Waals surface area contributed by atoms with Crippen LogP contribution >= 0.6 is 0 Å². The van der Waals surface area contributed by atoms with Crippen LogP contribution < -0.4 is 0 Å². The Kier molecular flexibility index (Phi) is 1.65. The van der Waals surface area contributed by atoms with Gasteiger partial charge in [-0.05, 0) is 19.3 Å². The van der Waals surface area contributed by atoms with Gasteiger partial charge < -0.3 is 9.52 Å². The van der Waals surface area contributed by atoms with Crippen molar-refractivity contribution in [3.05, 3.63) is 17.3 Å². The summed E-state index contributed by atoms with van der Waals surface area (Å²) in [6, 6.07) is 0. The summed E-state index contributed by atoms with van der Waals surface area (Å²) >= 11 is 0.